The summed E-state index contributed by atoms with van der Waals surface area (Å²) < 4.78 is 58.4. The SMILES string of the molecule is COC(=O)N1CCC[C@@H](NS(C)(=O)=O)[C@H]1Cc1cccc(-c2cc(F)cc(F)c2)c1. The van der Waals surface area contributed by atoms with Crippen LogP contribution in [0, 0.1) is 11.6 Å². The lowest BCUT2D eigenvalue weighted by Crippen LogP contribution is -2.57. The van der Waals surface area contributed by atoms with E-state index in [0.717, 1.165) is 17.9 Å². The number of methoxy groups -OCH3 is 1. The molecule has 0 saturated carbocycles. The third kappa shape index (κ3) is 5.54. The van der Waals surface area contributed by atoms with E-state index in [9.17, 15) is 22.0 Å². The summed E-state index contributed by atoms with van der Waals surface area (Å²) in [5, 5.41) is 0. The summed E-state index contributed by atoms with van der Waals surface area (Å²) in [6, 6.07) is 9.50. The normalized spacial score (nSPS) is 19.5. The van der Waals surface area contributed by atoms with Crippen LogP contribution in [0.15, 0.2) is 42.5 Å². The van der Waals surface area contributed by atoms with Gasteiger partial charge < -0.3 is 9.64 Å². The molecule has 162 valence electrons. The summed E-state index contributed by atoms with van der Waals surface area (Å²) in [7, 11) is -2.19. The molecule has 0 aliphatic carbocycles. The van der Waals surface area contributed by atoms with Crippen LogP contribution in [-0.4, -0.2) is 51.4 Å². The molecule has 0 spiro atoms. The molecule has 1 N–H and O–H groups in total. The highest BCUT2D eigenvalue weighted by Crippen LogP contribution is 2.26. The third-order valence-corrected chi connectivity index (χ3v) is 5.85. The lowest BCUT2D eigenvalue weighted by molar-refractivity contribution is 0.0792. The van der Waals surface area contributed by atoms with Gasteiger partial charge in [0.05, 0.1) is 19.4 Å². The predicted octanol–water partition coefficient (Wildman–Crippen LogP) is 3.32. The van der Waals surface area contributed by atoms with Crippen LogP contribution in [0.3, 0.4) is 0 Å². The van der Waals surface area contributed by atoms with Crippen LogP contribution in [-0.2, 0) is 21.2 Å². The number of piperidine rings is 1. The number of halogens is 2. The van der Waals surface area contributed by atoms with Gasteiger partial charge in [-0.15, -0.1) is 0 Å². The zero-order chi connectivity index (χ0) is 21.9. The van der Waals surface area contributed by atoms with Crippen LogP contribution in [0.5, 0.6) is 0 Å². The van der Waals surface area contributed by atoms with Gasteiger partial charge in [0.15, 0.2) is 0 Å². The van der Waals surface area contributed by atoms with E-state index in [4.69, 9.17) is 4.74 Å². The number of benzene rings is 2. The lowest BCUT2D eigenvalue weighted by atomic mass is 9.90. The topological polar surface area (TPSA) is 75.7 Å². The van der Waals surface area contributed by atoms with Crippen molar-refractivity contribution in [1.29, 1.82) is 0 Å². The highest BCUT2D eigenvalue weighted by Gasteiger charge is 2.36. The molecule has 0 bridgehead atoms. The van der Waals surface area contributed by atoms with Gasteiger partial charge in [-0.1, -0.05) is 24.3 Å². The van der Waals surface area contributed by atoms with Gasteiger partial charge >= 0.3 is 6.09 Å². The van der Waals surface area contributed by atoms with E-state index in [1.54, 1.807) is 18.2 Å². The van der Waals surface area contributed by atoms with Crippen molar-refractivity contribution in [2.45, 2.75) is 31.3 Å². The van der Waals surface area contributed by atoms with Gasteiger partial charge in [0.25, 0.3) is 0 Å². The van der Waals surface area contributed by atoms with Gasteiger partial charge in [0.1, 0.15) is 11.6 Å². The molecule has 1 saturated heterocycles. The number of ether oxygens (including phenoxy) is 1. The third-order valence-electron chi connectivity index (χ3n) is 5.12. The molecule has 1 amide bonds. The lowest BCUT2D eigenvalue weighted by Gasteiger charge is -2.40. The molecule has 2 aromatic rings. The van der Waals surface area contributed by atoms with E-state index in [1.165, 1.54) is 24.1 Å². The fraction of sp³-hybridized carbons (Fsp3) is 0.381. The van der Waals surface area contributed by atoms with Crippen LogP contribution in [0.1, 0.15) is 18.4 Å². The number of nitrogens with zero attached hydrogens (tertiary/aromatic N) is 1. The zero-order valence-corrected chi connectivity index (χ0v) is 17.6. The first kappa shape index (κ1) is 22.2. The first-order valence-electron chi connectivity index (χ1n) is 9.53. The summed E-state index contributed by atoms with van der Waals surface area (Å²) in [6.45, 7) is 0.452. The summed E-state index contributed by atoms with van der Waals surface area (Å²) in [5.41, 5.74) is 1.82. The first-order chi connectivity index (χ1) is 14.2. The molecule has 0 aromatic heterocycles. The minimum absolute atomic E-state index is 0.355. The van der Waals surface area contributed by atoms with E-state index in [0.29, 0.717) is 36.9 Å². The van der Waals surface area contributed by atoms with E-state index >= 15 is 0 Å². The number of hydrogen-bond acceptors (Lipinski definition) is 4. The van der Waals surface area contributed by atoms with Crippen molar-refractivity contribution in [2.75, 3.05) is 19.9 Å². The Balaban J connectivity index is 1.92. The van der Waals surface area contributed by atoms with Crippen LogP contribution in [0.25, 0.3) is 11.1 Å². The molecule has 1 aliphatic heterocycles. The summed E-state index contributed by atoms with van der Waals surface area (Å²) in [4.78, 5) is 13.8. The zero-order valence-electron chi connectivity index (χ0n) is 16.8. The van der Waals surface area contributed by atoms with Crippen molar-refractivity contribution in [3.8, 4) is 11.1 Å². The monoisotopic (exact) mass is 438 g/mol. The number of carbonyl (C=O) groups excluding carboxylic acids is 1. The van der Waals surface area contributed by atoms with Gasteiger partial charge in [0, 0.05) is 18.7 Å². The molecule has 1 heterocycles. The van der Waals surface area contributed by atoms with Gasteiger partial charge in [-0.25, -0.2) is 26.7 Å². The maximum absolute atomic E-state index is 13.6. The highest BCUT2D eigenvalue weighted by molar-refractivity contribution is 7.88. The highest BCUT2D eigenvalue weighted by atomic mass is 32.2. The van der Waals surface area contributed by atoms with E-state index in [2.05, 4.69) is 4.72 Å². The Labute approximate surface area is 174 Å². The average molecular weight is 438 g/mol. The molecule has 30 heavy (non-hydrogen) atoms. The molecule has 0 unspecified atom stereocenters. The summed E-state index contributed by atoms with van der Waals surface area (Å²) >= 11 is 0. The molecule has 0 radical (unpaired) electrons. The van der Waals surface area contributed by atoms with Crippen molar-refractivity contribution in [1.82, 2.24) is 9.62 Å². The number of amides is 1. The Hall–Kier alpha value is -2.52. The molecule has 2 atom stereocenters. The van der Waals surface area contributed by atoms with Gasteiger partial charge in [-0.3, -0.25) is 0 Å². The maximum Gasteiger partial charge on any atom is 0.409 e. The number of rotatable bonds is 5. The van der Waals surface area contributed by atoms with Crippen LogP contribution in [0.2, 0.25) is 0 Å². The van der Waals surface area contributed by atoms with Gasteiger partial charge in [0.2, 0.25) is 10.0 Å². The van der Waals surface area contributed by atoms with E-state index < -0.39 is 39.8 Å². The van der Waals surface area contributed by atoms with Crippen molar-refractivity contribution in [3.05, 3.63) is 59.7 Å². The molecular formula is C21H24F2N2O4S. The fourth-order valence-electron chi connectivity index (χ4n) is 3.91. The number of hydrogen-bond donors (Lipinski definition) is 1. The fourth-order valence-corrected chi connectivity index (χ4v) is 4.73. The molecule has 1 aliphatic rings. The number of likely N-dealkylation sites (tertiary alicyclic amines) is 1. The second-order valence-electron chi connectivity index (χ2n) is 7.43. The minimum Gasteiger partial charge on any atom is -0.453 e. The molecule has 6 nitrogen and oxygen atoms in total. The van der Waals surface area contributed by atoms with Crippen molar-refractivity contribution < 1.29 is 26.7 Å². The maximum atomic E-state index is 13.6. The molecule has 1 fully saturated rings. The summed E-state index contributed by atoms with van der Waals surface area (Å²) in [6.07, 6.45) is 2.14. The molecule has 3 rings (SSSR count). The number of sulfonamides is 1. The average Bonchev–Trinajstić information content (AvgIpc) is 2.67. The Bertz CT molecular complexity index is 1010. The number of carbonyl (C=O) groups is 1. The minimum atomic E-state index is -3.48. The van der Waals surface area contributed by atoms with Crippen molar-refractivity contribution in [3.63, 3.8) is 0 Å². The van der Waals surface area contributed by atoms with Crippen LogP contribution >= 0.6 is 0 Å². The van der Waals surface area contributed by atoms with Gasteiger partial charge in [-0.2, -0.15) is 0 Å². The van der Waals surface area contributed by atoms with Crippen molar-refractivity contribution in [2.24, 2.45) is 0 Å². The second-order valence-corrected chi connectivity index (χ2v) is 9.21. The quantitative estimate of drug-likeness (QED) is 0.777. The predicted molar refractivity (Wildman–Crippen MR) is 109 cm³/mol. The Morgan fingerprint density at radius 3 is 2.50 bits per heavy atom. The van der Waals surface area contributed by atoms with E-state index in [1.807, 2.05) is 6.07 Å². The molecule has 2 aromatic carbocycles. The largest absolute Gasteiger partial charge is 0.453 e. The summed E-state index contributed by atoms with van der Waals surface area (Å²) in [5.74, 6) is -1.34. The van der Waals surface area contributed by atoms with Crippen molar-refractivity contribution >= 4 is 16.1 Å². The van der Waals surface area contributed by atoms with E-state index in [-0.39, 0.29) is 0 Å². The molecular weight excluding hydrogens is 414 g/mol. The number of nitrogens with one attached hydrogen (secondary N) is 1. The van der Waals surface area contributed by atoms with Crippen LogP contribution in [0.4, 0.5) is 13.6 Å². The standard InChI is InChI=1S/C21H24F2N2O4S/c1-29-21(26)25-8-4-7-19(24-30(2,27)28)20(25)10-14-5-3-6-15(9-14)16-11-17(22)13-18(23)12-16/h3,5-6,9,11-13,19-20,24H,4,7-8,10H2,1-2H3/t19-,20-/m1/s1. The molecule has 9 heteroatoms. The van der Waals surface area contributed by atoms with Crippen LogP contribution < -0.4 is 4.72 Å². The van der Waals surface area contributed by atoms with Gasteiger partial charge in [-0.05, 0) is 48.1 Å². The Morgan fingerprint density at radius 1 is 1.17 bits per heavy atom. The Kier molecular flexibility index (Phi) is 6.72. The smallest absolute Gasteiger partial charge is 0.409 e. The second kappa shape index (κ2) is 9.09. The Morgan fingerprint density at radius 2 is 1.87 bits per heavy atom. The first-order valence-corrected chi connectivity index (χ1v) is 11.4.